The van der Waals surface area contributed by atoms with Crippen molar-refractivity contribution in [2.24, 2.45) is 5.73 Å². The molecule has 5 nitrogen and oxygen atoms in total. The molecule has 5 heteroatoms. The number of carbonyl (C=O) groups excluding carboxylic acids is 2. The van der Waals surface area contributed by atoms with Gasteiger partial charge in [0.05, 0.1) is 6.42 Å². The highest BCUT2D eigenvalue weighted by atomic mass is 16.2. The predicted molar refractivity (Wildman–Crippen MR) is 104 cm³/mol. The second-order valence-electron chi connectivity index (χ2n) is 6.74. The molecule has 0 saturated heterocycles. The molecule has 1 aromatic heterocycles. The second-order valence-corrected chi connectivity index (χ2v) is 6.74. The molecule has 27 heavy (non-hydrogen) atoms. The first kappa shape index (κ1) is 17.0. The van der Waals surface area contributed by atoms with E-state index in [0.29, 0.717) is 12.0 Å². The normalized spacial score (nSPS) is 12.5. The van der Waals surface area contributed by atoms with Crippen molar-refractivity contribution < 1.29 is 9.59 Å². The molecule has 4 rings (SSSR count). The summed E-state index contributed by atoms with van der Waals surface area (Å²) in [6, 6.07) is 15.5. The monoisotopic (exact) mass is 357 g/mol. The van der Waals surface area contributed by atoms with Gasteiger partial charge in [0.25, 0.3) is 0 Å². The van der Waals surface area contributed by atoms with Crippen LogP contribution in [-0.4, -0.2) is 16.8 Å². The van der Waals surface area contributed by atoms with E-state index in [2.05, 4.69) is 16.4 Å². The number of primary amides is 1. The van der Waals surface area contributed by atoms with E-state index in [9.17, 15) is 9.59 Å². The van der Waals surface area contributed by atoms with E-state index in [1.165, 1.54) is 0 Å². The molecule has 0 bridgehead atoms. The molecule has 0 atom stereocenters. The van der Waals surface area contributed by atoms with Gasteiger partial charge < -0.3 is 11.1 Å². The molecule has 3 aromatic rings. The zero-order chi connectivity index (χ0) is 18.8. The maximum atomic E-state index is 11.5. The molecule has 2 aromatic carbocycles. The van der Waals surface area contributed by atoms with Crippen LogP contribution in [0.15, 0.2) is 60.9 Å². The van der Waals surface area contributed by atoms with Crippen molar-refractivity contribution in [3.05, 3.63) is 83.2 Å². The third-order valence-electron chi connectivity index (χ3n) is 4.80. The number of benzene rings is 2. The fourth-order valence-electron chi connectivity index (χ4n) is 3.30. The Labute approximate surface area is 157 Å². The number of nitrogens with zero attached hydrogens (tertiary/aromatic N) is 1. The van der Waals surface area contributed by atoms with Crippen molar-refractivity contribution in [1.29, 1.82) is 0 Å². The molecule has 0 saturated carbocycles. The molecule has 1 aliphatic heterocycles. The first-order valence-corrected chi connectivity index (χ1v) is 8.84. The van der Waals surface area contributed by atoms with E-state index >= 15 is 0 Å². The summed E-state index contributed by atoms with van der Waals surface area (Å²) in [4.78, 5) is 27.0. The number of pyridine rings is 1. The van der Waals surface area contributed by atoms with E-state index < -0.39 is 5.91 Å². The van der Waals surface area contributed by atoms with Gasteiger partial charge in [-0.1, -0.05) is 24.3 Å². The summed E-state index contributed by atoms with van der Waals surface area (Å²) in [5.74, 6) is -0.375. The lowest BCUT2D eigenvalue weighted by atomic mass is 10.00. The smallest absolute Gasteiger partial charge is 0.248 e. The van der Waals surface area contributed by atoms with Gasteiger partial charge in [-0.15, -0.1) is 0 Å². The van der Waals surface area contributed by atoms with Crippen LogP contribution < -0.4 is 11.1 Å². The van der Waals surface area contributed by atoms with Crippen LogP contribution in [0.1, 0.15) is 27.0 Å². The first-order valence-electron chi connectivity index (χ1n) is 8.84. The Morgan fingerprint density at radius 2 is 1.74 bits per heavy atom. The van der Waals surface area contributed by atoms with Gasteiger partial charge in [0.1, 0.15) is 0 Å². The number of carbonyl (C=O) groups is 2. The molecule has 0 fully saturated rings. The highest BCUT2D eigenvalue weighted by Gasteiger charge is 2.17. The Bertz CT molecular complexity index is 1030. The highest BCUT2D eigenvalue weighted by molar-refractivity contribution is 6.00. The molecule has 0 radical (unpaired) electrons. The molecular weight excluding hydrogens is 338 g/mol. The van der Waals surface area contributed by atoms with E-state index in [4.69, 9.17) is 5.73 Å². The SMILES string of the molecule is NC(=O)c1ccc(CCc2cncc(-c3ccc4c(c3)NC(=O)C4)c2)cc1. The van der Waals surface area contributed by atoms with E-state index in [1.807, 2.05) is 42.7 Å². The number of nitrogens with two attached hydrogens (primary N) is 1. The summed E-state index contributed by atoms with van der Waals surface area (Å²) >= 11 is 0. The van der Waals surface area contributed by atoms with Gasteiger partial charge in [-0.25, -0.2) is 0 Å². The molecular formula is C22H19N3O2. The van der Waals surface area contributed by atoms with E-state index in [-0.39, 0.29) is 5.91 Å². The van der Waals surface area contributed by atoms with E-state index in [1.54, 1.807) is 12.1 Å². The van der Waals surface area contributed by atoms with Gasteiger partial charge >= 0.3 is 0 Å². The van der Waals surface area contributed by atoms with Gasteiger partial charge in [0.2, 0.25) is 11.8 Å². The number of rotatable bonds is 5. The quantitative estimate of drug-likeness (QED) is 0.736. The predicted octanol–water partition coefficient (Wildman–Crippen LogP) is 3.13. The zero-order valence-corrected chi connectivity index (χ0v) is 14.7. The van der Waals surface area contributed by atoms with Crippen molar-refractivity contribution in [3.63, 3.8) is 0 Å². The number of hydrogen-bond donors (Lipinski definition) is 2. The van der Waals surface area contributed by atoms with Crippen molar-refractivity contribution in [3.8, 4) is 11.1 Å². The summed E-state index contributed by atoms with van der Waals surface area (Å²) in [5, 5.41) is 2.89. The van der Waals surface area contributed by atoms with Crippen LogP contribution in [0.4, 0.5) is 5.69 Å². The summed E-state index contributed by atoms with van der Waals surface area (Å²) < 4.78 is 0. The largest absolute Gasteiger partial charge is 0.366 e. The fourth-order valence-corrected chi connectivity index (χ4v) is 3.30. The Hall–Kier alpha value is -3.47. The number of aryl methyl sites for hydroxylation is 2. The first-order chi connectivity index (χ1) is 13.1. The lowest BCUT2D eigenvalue weighted by molar-refractivity contribution is -0.115. The Morgan fingerprint density at radius 1 is 0.963 bits per heavy atom. The van der Waals surface area contributed by atoms with Gasteiger partial charge in [-0.3, -0.25) is 14.6 Å². The molecule has 0 spiro atoms. The lowest BCUT2D eigenvalue weighted by Crippen LogP contribution is -2.10. The summed E-state index contributed by atoms with van der Waals surface area (Å²) in [7, 11) is 0. The third-order valence-corrected chi connectivity index (χ3v) is 4.80. The third kappa shape index (κ3) is 3.72. The maximum absolute atomic E-state index is 11.5. The minimum atomic E-state index is -0.413. The molecule has 134 valence electrons. The Kier molecular flexibility index (Phi) is 4.42. The van der Waals surface area contributed by atoms with Gasteiger partial charge in [0.15, 0.2) is 0 Å². The van der Waals surface area contributed by atoms with Crippen LogP contribution in [0.3, 0.4) is 0 Å². The average molecular weight is 357 g/mol. The van der Waals surface area contributed by atoms with Crippen LogP contribution in [0.2, 0.25) is 0 Å². The van der Waals surface area contributed by atoms with Crippen LogP contribution in [0.5, 0.6) is 0 Å². The number of nitrogens with one attached hydrogen (secondary N) is 1. The van der Waals surface area contributed by atoms with Crippen molar-refractivity contribution in [2.75, 3.05) is 5.32 Å². The molecule has 0 aliphatic carbocycles. The van der Waals surface area contributed by atoms with Crippen molar-refractivity contribution in [1.82, 2.24) is 4.98 Å². The van der Waals surface area contributed by atoms with Gasteiger partial charge in [-0.05, 0) is 59.4 Å². The average Bonchev–Trinajstić information content (AvgIpc) is 3.06. The fraction of sp³-hybridized carbons (Fsp3) is 0.136. The molecule has 0 unspecified atom stereocenters. The van der Waals surface area contributed by atoms with Gasteiger partial charge in [0, 0.05) is 29.2 Å². The minimum Gasteiger partial charge on any atom is -0.366 e. The number of aromatic nitrogens is 1. The van der Waals surface area contributed by atoms with E-state index in [0.717, 1.165) is 46.3 Å². The van der Waals surface area contributed by atoms with Crippen LogP contribution >= 0.6 is 0 Å². The summed E-state index contributed by atoms with van der Waals surface area (Å²) in [5.41, 5.74) is 12.1. The van der Waals surface area contributed by atoms with Gasteiger partial charge in [-0.2, -0.15) is 0 Å². The summed E-state index contributed by atoms with van der Waals surface area (Å²) in [6.07, 6.45) is 5.85. The standard InChI is InChI=1S/C22H19N3O2/c23-22(27)16-5-3-14(4-6-16)1-2-15-9-19(13-24-12-15)17-7-8-18-11-21(26)25-20(18)10-17/h3-10,12-13H,1-2,11H2,(H2,23,27)(H,25,26). The molecule has 1 aliphatic rings. The van der Waals surface area contributed by atoms with Crippen molar-refractivity contribution >= 4 is 17.5 Å². The number of anilines is 1. The Balaban J connectivity index is 1.49. The zero-order valence-electron chi connectivity index (χ0n) is 14.7. The topological polar surface area (TPSA) is 85.1 Å². The number of fused-ring (bicyclic) bond motifs is 1. The van der Waals surface area contributed by atoms with Crippen LogP contribution in [-0.2, 0) is 24.1 Å². The van der Waals surface area contributed by atoms with Crippen molar-refractivity contribution in [2.45, 2.75) is 19.3 Å². The number of amides is 2. The highest BCUT2D eigenvalue weighted by Crippen LogP contribution is 2.29. The summed E-state index contributed by atoms with van der Waals surface area (Å²) in [6.45, 7) is 0. The Morgan fingerprint density at radius 3 is 2.52 bits per heavy atom. The number of hydrogen-bond acceptors (Lipinski definition) is 3. The molecule has 3 N–H and O–H groups in total. The molecule has 2 amide bonds. The lowest BCUT2D eigenvalue weighted by Gasteiger charge is -2.07. The van der Waals surface area contributed by atoms with Crippen LogP contribution in [0, 0.1) is 0 Å². The second kappa shape index (κ2) is 7.03. The van der Waals surface area contributed by atoms with Crippen LogP contribution in [0.25, 0.3) is 11.1 Å². The maximum Gasteiger partial charge on any atom is 0.248 e. The molecule has 2 heterocycles. The minimum absolute atomic E-state index is 0.0383.